The number of rotatable bonds is 13. The van der Waals surface area contributed by atoms with E-state index in [4.69, 9.17) is 11.6 Å². The number of hydrogen-bond donors (Lipinski definition) is 2. The first-order valence-corrected chi connectivity index (χ1v) is 13.6. The Balaban J connectivity index is 2.20. The highest BCUT2D eigenvalue weighted by molar-refractivity contribution is 6.58. The van der Waals surface area contributed by atoms with Crippen LogP contribution < -0.4 is 5.46 Å². The summed E-state index contributed by atoms with van der Waals surface area (Å²) in [6.45, 7) is 9.19. The van der Waals surface area contributed by atoms with Crippen LogP contribution in [-0.4, -0.2) is 17.2 Å². The van der Waals surface area contributed by atoms with Crippen LogP contribution in [-0.2, 0) is 5.41 Å². The summed E-state index contributed by atoms with van der Waals surface area (Å²) in [7, 11) is -1.45. The Morgan fingerprint density at radius 3 is 1.79 bits per heavy atom. The molecule has 0 radical (unpaired) electrons. The number of hydrogen-bond acceptors (Lipinski definition) is 2. The minimum absolute atomic E-state index is 0.136. The highest BCUT2D eigenvalue weighted by Crippen LogP contribution is 2.56. The molecule has 2 unspecified atom stereocenters. The van der Waals surface area contributed by atoms with Gasteiger partial charge in [0.05, 0.1) is 0 Å². The Hall–Kier alpha value is -1.29. The van der Waals surface area contributed by atoms with E-state index in [1.54, 1.807) is 0 Å². The van der Waals surface area contributed by atoms with Gasteiger partial charge >= 0.3 is 7.12 Å². The number of unbranched alkanes of at least 4 members (excludes halogenated alkanes) is 2. The summed E-state index contributed by atoms with van der Waals surface area (Å²) >= 11 is 6.60. The molecular weight excluding hydrogens is 427 g/mol. The zero-order chi connectivity index (χ0) is 24.0. The molecule has 2 atom stereocenters. The summed E-state index contributed by atoms with van der Waals surface area (Å²) in [4.78, 5) is 0. The molecule has 0 fully saturated rings. The van der Waals surface area contributed by atoms with E-state index in [0.717, 1.165) is 17.9 Å². The lowest BCUT2D eigenvalue weighted by molar-refractivity contribution is 0.266. The van der Waals surface area contributed by atoms with Crippen LogP contribution in [0.5, 0.6) is 0 Å². The SMILES string of the molecule is CCCCC(CC)CC1(CC(CC)CCCC)c2cc(Cl)ccc2-c2ccc(B(O)O)cc21. The Kier molecular flexibility index (Phi) is 9.50. The second-order valence-corrected chi connectivity index (χ2v) is 10.6. The summed E-state index contributed by atoms with van der Waals surface area (Å²) in [5.74, 6) is 1.27. The maximum Gasteiger partial charge on any atom is 0.488 e. The van der Waals surface area contributed by atoms with Gasteiger partial charge in [0, 0.05) is 10.4 Å². The highest BCUT2D eigenvalue weighted by Gasteiger charge is 2.45. The van der Waals surface area contributed by atoms with Crippen molar-refractivity contribution in [3.05, 3.63) is 52.5 Å². The number of halogens is 1. The maximum atomic E-state index is 10.0. The van der Waals surface area contributed by atoms with Crippen LogP contribution in [0.15, 0.2) is 36.4 Å². The van der Waals surface area contributed by atoms with Gasteiger partial charge in [-0.2, -0.15) is 0 Å². The van der Waals surface area contributed by atoms with Gasteiger partial charge in [-0.15, -0.1) is 0 Å². The van der Waals surface area contributed by atoms with Crippen molar-refractivity contribution < 1.29 is 10.0 Å². The predicted molar refractivity (Wildman–Crippen MR) is 143 cm³/mol. The Bertz CT molecular complexity index is 892. The van der Waals surface area contributed by atoms with Crippen molar-refractivity contribution in [1.82, 2.24) is 0 Å². The molecule has 0 spiro atoms. The molecule has 2 nitrogen and oxygen atoms in total. The van der Waals surface area contributed by atoms with Crippen LogP contribution in [0.3, 0.4) is 0 Å². The Labute approximate surface area is 206 Å². The van der Waals surface area contributed by atoms with Gasteiger partial charge in [-0.05, 0) is 64.5 Å². The van der Waals surface area contributed by atoms with E-state index in [0.29, 0.717) is 17.3 Å². The van der Waals surface area contributed by atoms with Crippen LogP contribution in [0.2, 0.25) is 5.02 Å². The minimum atomic E-state index is -1.45. The van der Waals surface area contributed by atoms with E-state index in [2.05, 4.69) is 52.0 Å². The molecule has 3 rings (SSSR count). The van der Waals surface area contributed by atoms with Crippen molar-refractivity contribution in [1.29, 1.82) is 0 Å². The molecule has 1 aliphatic rings. The third kappa shape index (κ3) is 5.69. The van der Waals surface area contributed by atoms with Crippen LogP contribution in [0.4, 0.5) is 0 Å². The molecule has 0 bridgehead atoms. The van der Waals surface area contributed by atoms with Crippen molar-refractivity contribution >= 4 is 24.2 Å². The number of fused-ring (bicyclic) bond motifs is 3. The van der Waals surface area contributed by atoms with Gasteiger partial charge in [-0.25, -0.2) is 0 Å². The molecule has 33 heavy (non-hydrogen) atoms. The first-order valence-electron chi connectivity index (χ1n) is 13.2. The highest BCUT2D eigenvalue weighted by atomic mass is 35.5. The van der Waals surface area contributed by atoms with Gasteiger partial charge in [0.1, 0.15) is 0 Å². The Morgan fingerprint density at radius 2 is 1.30 bits per heavy atom. The van der Waals surface area contributed by atoms with Crippen LogP contribution in [0.1, 0.15) is 103 Å². The minimum Gasteiger partial charge on any atom is -0.423 e. The summed E-state index contributed by atoms with van der Waals surface area (Å²) < 4.78 is 0. The van der Waals surface area contributed by atoms with Gasteiger partial charge in [0.2, 0.25) is 0 Å². The molecule has 4 heteroatoms. The van der Waals surface area contributed by atoms with E-state index < -0.39 is 7.12 Å². The normalized spacial score (nSPS) is 18.6. The fourth-order valence-electron chi connectivity index (χ4n) is 6.04. The van der Waals surface area contributed by atoms with E-state index in [1.807, 2.05) is 12.1 Å². The van der Waals surface area contributed by atoms with Gasteiger partial charge in [-0.1, -0.05) is 115 Å². The van der Waals surface area contributed by atoms with Crippen molar-refractivity contribution in [3.63, 3.8) is 0 Å². The van der Waals surface area contributed by atoms with Crippen LogP contribution in [0.25, 0.3) is 11.1 Å². The molecule has 0 aliphatic heterocycles. The van der Waals surface area contributed by atoms with Crippen LogP contribution >= 0.6 is 11.6 Å². The summed E-state index contributed by atoms with van der Waals surface area (Å²) in [5, 5.41) is 20.8. The zero-order valence-corrected chi connectivity index (χ0v) is 21.8. The molecule has 0 amide bonds. The van der Waals surface area contributed by atoms with Gasteiger partial charge < -0.3 is 10.0 Å². The largest absolute Gasteiger partial charge is 0.488 e. The number of benzene rings is 2. The fraction of sp³-hybridized carbons (Fsp3) is 0.586. The standard InChI is InChI=1S/C29H42BClO2/c1-5-9-11-21(7-3)19-29(20-22(8-4)12-10-6-2)27-17-23(30(32)33)13-15-25(27)26-16-14-24(31)18-28(26)29/h13-18,21-22,32-33H,5-12,19-20H2,1-4H3. The Morgan fingerprint density at radius 1 is 0.788 bits per heavy atom. The summed E-state index contributed by atoms with van der Waals surface area (Å²) in [5.41, 5.74) is 5.57. The molecule has 2 N–H and O–H groups in total. The lowest BCUT2D eigenvalue weighted by Crippen LogP contribution is -2.35. The third-order valence-corrected chi connectivity index (χ3v) is 8.24. The topological polar surface area (TPSA) is 40.5 Å². The molecule has 0 saturated heterocycles. The third-order valence-electron chi connectivity index (χ3n) is 8.01. The van der Waals surface area contributed by atoms with Crippen molar-refractivity contribution in [2.75, 3.05) is 0 Å². The lowest BCUT2D eigenvalue weighted by atomic mass is 9.64. The van der Waals surface area contributed by atoms with Gasteiger partial charge in [-0.3, -0.25) is 0 Å². The van der Waals surface area contributed by atoms with E-state index in [-0.39, 0.29) is 5.41 Å². The molecule has 2 aromatic carbocycles. The molecule has 0 aromatic heterocycles. The molecule has 180 valence electrons. The second kappa shape index (κ2) is 11.9. The zero-order valence-electron chi connectivity index (χ0n) is 21.0. The average molecular weight is 469 g/mol. The molecular formula is C29H42BClO2. The first kappa shape index (κ1) is 26.3. The smallest absolute Gasteiger partial charge is 0.423 e. The van der Waals surface area contributed by atoms with Crippen molar-refractivity contribution in [2.24, 2.45) is 11.8 Å². The maximum absolute atomic E-state index is 10.0. The van der Waals surface area contributed by atoms with Crippen molar-refractivity contribution in [2.45, 2.75) is 97.3 Å². The lowest BCUT2D eigenvalue weighted by Gasteiger charge is -2.39. The summed E-state index contributed by atoms with van der Waals surface area (Å²) in [6, 6.07) is 12.4. The molecule has 2 aromatic rings. The monoisotopic (exact) mass is 468 g/mol. The molecule has 0 heterocycles. The molecule has 1 aliphatic carbocycles. The van der Waals surface area contributed by atoms with E-state index in [1.165, 1.54) is 73.6 Å². The first-order chi connectivity index (χ1) is 15.9. The predicted octanol–water partition coefficient (Wildman–Crippen LogP) is 7.50. The van der Waals surface area contributed by atoms with Crippen LogP contribution in [0, 0.1) is 11.8 Å². The second-order valence-electron chi connectivity index (χ2n) is 10.2. The molecule has 0 saturated carbocycles. The van der Waals surface area contributed by atoms with Gasteiger partial charge in [0.15, 0.2) is 0 Å². The van der Waals surface area contributed by atoms with E-state index in [9.17, 15) is 10.0 Å². The van der Waals surface area contributed by atoms with Crippen molar-refractivity contribution in [3.8, 4) is 11.1 Å². The van der Waals surface area contributed by atoms with E-state index >= 15 is 0 Å². The van der Waals surface area contributed by atoms with Gasteiger partial charge in [0.25, 0.3) is 0 Å². The average Bonchev–Trinajstić information content (AvgIpc) is 3.07. The quantitative estimate of drug-likeness (QED) is 0.299. The summed E-state index contributed by atoms with van der Waals surface area (Å²) in [6.07, 6.45) is 12.0. The fourth-order valence-corrected chi connectivity index (χ4v) is 6.21.